The number of ether oxygens (including phenoxy) is 1. The number of nitrogens with zero attached hydrogens (tertiary/aromatic N) is 3. The molecule has 0 spiro atoms. The predicted molar refractivity (Wildman–Crippen MR) is 128 cm³/mol. The lowest BCUT2D eigenvalue weighted by atomic mass is 9.90. The molecule has 1 atom stereocenters. The van der Waals surface area contributed by atoms with E-state index in [1.807, 2.05) is 24.3 Å². The number of aryl methyl sites for hydroxylation is 1. The fraction of sp³-hybridized carbons (Fsp3) is 0.435. The third-order valence-corrected chi connectivity index (χ3v) is 7.84. The van der Waals surface area contributed by atoms with E-state index in [9.17, 15) is 4.79 Å². The van der Waals surface area contributed by atoms with Crippen LogP contribution in [0.15, 0.2) is 40.0 Å². The van der Waals surface area contributed by atoms with Crippen LogP contribution in [0, 0.1) is 5.92 Å². The summed E-state index contributed by atoms with van der Waals surface area (Å²) in [6.07, 6.45) is 3.49. The molecule has 0 bridgehead atoms. The number of hydrogen-bond donors (Lipinski definition) is 1. The molecule has 1 aromatic carbocycles. The number of fused-ring (bicyclic) bond motifs is 1. The molecule has 1 N–H and O–H groups in total. The lowest BCUT2D eigenvalue weighted by Gasteiger charge is -2.28. The minimum atomic E-state index is -0.102. The van der Waals surface area contributed by atoms with Crippen LogP contribution < -0.4 is 10.2 Å². The summed E-state index contributed by atoms with van der Waals surface area (Å²) in [4.78, 5) is 17.1. The van der Waals surface area contributed by atoms with Gasteiger partial charge in [-0.3, -0.25) is 4.79 Å². The van der Waals surface area contributed by atoms with E-state index < -0.39 is 0 Å². The van der Waals surface area contributed by atoms with Crippen molar-refractivity contribution in [1.29, 1.82) is 0 Å². The van der Waals surface area contributed by atoms with E-state index in [2.05, 4.69) is 33.4 Å². The first-order valence-corrected chi connectivity index (χ1v) is 12.7. The van der Waals surface area contributed by atoms with Crippen LogP contribution in [0.3, 0.4) is 0 Å². The normalized spacial score (nSPS) is 18.4. The number of amides is 1. The molecule has 1 unspecified atom stereocenters. The van der Waals surface area contributed by atoms with Gasteiger partial charge in [-0.15, -0.1) is 21.5 Å². The molecule has 0 saturated carbocycles. The molecular weight excluding hydrogens is 444 g/mol. The molecule has 1 aliphatic carbocycles. The molecule has 2 aromatic heterocycles. The largest absolute Gasteiger partial charge is 0.410 e. The SMILES string of the molecule is CC1CCc2sc(-c3nnc(SCC(=O)Nc4ccc(N5CCOCC5)cc4)o3)cc2C1. The summed E-state index contributed by atoms with van der Waals surface area (Å²) in [7, 11) is 0. The van der Waals surface area contributed by atoms with E-state index in [0.29, 0.717) is 11.1 Å². The molecule has 0 radical (unpaired) electrons. The molecule has 3 aromatic rings. The van der Waals surface area contributed by atoms with Crippen LogP contribution in [-0.2, 0) is 22.4 Å². The van der Waals surface area contributed by atoms with Crippen molar-refractivity contribution in [2.24, 2.45) is 5.92 Å². The number of carbonyl (C=O) groups is 1. The number of rotatable bonds is 6. The molecule has 1 fully saturated rings. The van der Waals surface area contributed by atoms with Crippen molar-refractivity contribution in [1.82, 2.24) is 10.2 Å². The minimum Gasteiger partial charge on any atom is -0.410 e. The van der Waals surface area contributed by atoms with Gasteiger partial charge in [0.25, 0.3) is 11.1 Å². The Morgan fingerprint density at radius 2 is 2.06 bits per heavy atom. The van der Waals surface area contributed by atoms with Crippen LogP contribution in [0.5, 0.6) is 0 Å². The Morgan fingerprint density at radius 1 is 1.25 bits per heavy atom. The number of hydrogen-bond acceptors (Lipinski definition) is 8. The topological polar surface area (TPSA) is 80.5 Å². The fourth-order valence-electron chi connectivity index (χ4n) is 4.08. The van der Waals surface area contributed by atoms with Crippen molar-refractivity contribution >= 4 is 40.4 Å². The van der Waals surface area contributed by atoms with Crippen molar-refractivity contribution in [2.45, 2.75) is 31.4 Å². The first kappa shape index (κ1) is 21.5. The van der Waals surface area contributed by atoms with Gasteiger partial charge in [-0.1, -0.05) is 18.7 Å². The number of thiophene rings is 1. The summed E-state index contributed by atoms with van der Waals surface area (Å²) in [6.45, 7) is 5.58. The van der Waals surface area contributed by atoms with Gasteiger partial charge in [-0.05, 0) is 61.1 Å². The van der Waals surface area contributed by atoms with Gasteiger partial charge in [-0.2, -0.15) is 0 Å². The molecule has 2 aliphatic rings. The Bertz CT molecular complexity index is 1070. The Labute approximate surface area is 195 Å². The maximum Gasteiger partial charge on any atom is 0.277 e. The van der Waals surface area contributed by atoms with Gasteiger partial charge >= 0.3 is 0 Å². The van der Waals surface area contributed by atoms with Crippen LogP contribution in [0.2, 0.25) is 0 Å². The van der Waals surface area contributed by atoms with E-state index in [0.717, 1.165) is 61.3 Å². The highest BCUT2D eigenvalue weighted by Gasteiger charge is 2.21. The second-order valence-electron chi connectivity index (χ2n) is 8.26. The van der Waals surface area contributed by atoms with Gasteiger partial charge in [0.05, 0.1) is 23.8 Å². The van der Waals surface area contributed by atoms with E-state index in [-0.39, 0.29) is 11.7 Å². The number of morpholine rings is 1. The van der Waals surface area contributed by atoms with Crippen molar-refractivity contribution in [3.63, 3.8) is 0 Å². The van der Waals surface area contributed by atoms with Gasteiger partial charge in [0.1, 0.15) is 0 Å². The van der Waals surface area contributed by atoms with E-state index >= 15 is 0 Å². The summed E-state index contributed by atoms with van der Waals surface area (Å²) in [5, 5.41) is 11.6. The predicted octanol–water partition coefficient (Wildman–Crippen LogP) is 4.49. The van der Waals surface area contributed by atoms with Crippen molar-refractivity contribution in [3.8, 4) is 10.8 Å². The average Bonchev–Trinajstić information content (AvgIpc) is 3.45. The number of aromatic nitrogens is 2. The Balaban J connectivity index is 1.14. The van der Waals surface area contributed by atoms with Crippen LogP contribution in [0.1, 0.15) is 23.8 Å². The molecule has 1 saturated heterocycles. The smallest absolute Gasteiger partial charge is 0.277 e. The van der Waals surface area contributed by atoms with Gasteiger partial charge in [0.15, 0.2) is 0 Å². The number of anilines is 2. The Kier molecular flexibility index (Phi) is 6.47. The highest BCUT2D eigenvalue weighted by atomic mass is 32.2. The maximum atomic E-state index is 12.4. The lowest BCUT2D eigenvalue weighted by molar-refractivity contribution is -0.113. The summed E-state index contributed by atoms with van der Waals surface area (Å²) in [6, 6.07) is 10.1. The standard InChI is InChI=1S/C23H26N4O3S2/c1-15-2-7-19-16(12-15)13-20(32-19)22-25-26-23(30-22)31-14-21(28)24-17-3-5-18(6-4-17)27-8-10-29-11-9-27/h3-6,13,15H,2,7-12,14H2,1H3,(H,24,28). The first-order valence-electron chi connectivity index (χ1n) is 10.9. The van der Waals surface area contributed by atoms with E-state index in [1.165, 1.54) is 28.6 Å². The number of carbonyl (C=O) groups excluding carboxylic acids is 1. The van der Waals surface area contributed by atoms with Crippen molar-refractivity contribution in [3.05, 3.63) is 40.8 Å². The quantitative estimate of drug-likeness (QED) is 0.532. The highest BCUT2D eigenvalue weighted by molar-refractivity contribution is 7.99. The molecule has 9 heteroatoms. The Hall–Kier alpha value is -2.36. The molecule has 1 amide bonds. The van der Waals surface area contributed by atoms with Crippen molar-refractivity contribution in [2.75, 3.05) is 42.3 Å². The van der Waals surface area contributed by atoms with Crippen molar-refractivity contribution < 1.29 is 13.9 Å². The second-order valence-corrected chi connectivity index (χ2v) is 10.3. The monoisotopic (exact) mass is 470 g/mol. The Morgan fingerprint density at radius 3 is 2.88 bits per heavy atom. The molecule has 3 heterocycles. The van der Waals surface area contributed by atoms with Gasteiger partial charge in [0.2, 0.25) is 5.91 Å². The zero-order valence-corrected chi connectivity index (χ0v) is 19.6. The van der Waals surface area contributed by atoms with Gasteiger partial charge < -0.3 is 19.4 Å². The molecule has 1 aliphatic heterocycles. The van der Waals surface area contributed by atoms with Crippen LogP contribution in [0.4, 0.5) is 11.4 Å². The van der Waals surface area contributed by atoms with E-state index in [1.54, 1.807) is 11.3 Å². The fourth-order valence-corrected chi connectivity index (χ4v) is 5.77. The average molecular weight is 471 g/mol. The molecular formula is C23H26N4O3S2. The zero-order valence-electron chi connectivity index (χ0n) is 18.0. The molecule has 32 heavy (non-hydrogen) atoms. The third-order valence-electron chi connectivity index (χ3n) is 5.80. The van der Waals surface area contributed by atoms with Crippen LogP contribution in [0.25, 0.3) is 10.8 Å². The number of nitrogens with one attached hydrogen (secondary N) is 1. The second kappa shape index (κ2) is 9.64. The summed E-state index contributed by atoms with van der Waals surface area (Å²) in [5.41, 5.74) is 3.33. The third kappa shape index (κ3) is 5.00. The maximum absolute atomic E-state index is 12.4. The number of thioether (sulfide) groups is 1. The van der Waals surface area contributed by atoms with E-state index in [4.69, 9.17) is 9.15 Å². The lowest BCUT2D eigenvalue weighted by Crippen LogP contribution is -2.36. The highest BCUT2D eigenvalue weighted by Crippen LogP contribution is 2.37. The summed E-state index contributed by atoms with van der Waals surface area (Å²) < 4.78 is 11.2. The molecule has 168 valence electrons. The first-order chi connectivity index (χ1) is 15.6. The summed E-state index contributed by atoms with van der Waals surface area (Å²) >= 11 is 3.00. The molecule has 7 nitrogen and oxygen atoms in total. The van der Waals surface area contributed by atoms with Crippen LogP contribution >= 0.6 is 23.1 Å². The number of benzene rings is 1. The summed E-state index contributed by atoms with van der Waals surface area (Å²) in [5.74, 6) is 1.38. The minimum absolute atomic E-state index is 0.102. The molecule has 5 rings (SSSR count). The van der Waals surface area contributed by atoms with Crippen LogP contribution in [-0.4, -0.2) is 48.2 Å². The zero-order chi connectivity index (χ0) is 21.9. The van der Waals surface area contributed by atoms with Gasteiger partial charge in [-0.25, -0.2) is 0 Å². The van der Waals surface area contributed by atoms with Gasteiger partial charge in [0, 0.05) is 29.3 Å².